The lowest BCUT2D eigenvalue weighted by Crippen LogP contribution is -2.69. The quantitative estimate of drug-likeness (QED) is 0.544. The van der Waals surface area contributed by atoms with Crippen molar-refractivity contribution in [1.29, 1.82) is 0 Å². The fraction of sp³-hybridized carbons (Fsp3) is 0.440. The van der Waals surface area contributed by atoms with Gasteiger partial charge < -0.3 is 15.2 Å². The molecule has 3 aliphatic carbocycles. The Morgan fingerprint density at radius 3 is 2.51 bits per heavy atom. The van der Waals surface area contributed by atoms with Gasteiger partial charge in [0.05, 0.1) is 11.2 Å². The van der Waals surface area contributed by atoms with E-state index in [-0.39, 0.29) is 21.9 Å². The summed E-state index contributed by atoms with van der Waals surface area (Å²) in [5.74, 6) is -0.908. The maximum atomic E-state index is 14.5. The molecule has 8 nitrogen and oxygen atoms in total. The van der Waals surface area contributed by atoms with E-state index >= 15 is 0 Å². The number of pyridine rings is 1. The maximum Gasteiger partial charge on any atom is 0.269 e. The van der Waals surface area contributed by atoms with Gasteiger partial charge in [0.2, 0.25) is 5.95 Å². The average molecular weight is 481 g/mol. The maximum absolute atomic E-state index is 14.5. The van der Waals surface area contributed by atoms with E-state index in [1.165, 1.54) is 13.1 Å². The van der Waals surface area contributed by atoms with E-state index in [1.807, 2.05) is 4.90 Å². The molecule has 35 heavy (non-hydrogen) atoms. The molecule has 3 heterocycles. The Balaban J connectivity index is 1.07. The third-order valence-electron chi connectivity index (χ3n) is 7.89. The molecular formula is C25H26F2N6O2. The van der Waals surface area contributed by atoms with Crippen LogP contribution < -0.4 is 15.8 Å². The zero-order valence-corrected chi connectivity index (χ0v) is 19.4. The Bertz CT molecular complexity index is 1380. The van der Waals surface area contributed by atoms with Crippen LogP contribution in [0.4, 0.5) is 14.5 Å². The summed E-state index contributed by atoms with van der Waals surface area (Å²) in [5, 5.41) is 2.47. The third-order valence-corrected chi connectivity index (χ3v) is 7.89. The predicted octanol–water partition coefficient (Wildman–Crippen LogP) is 2.20. The van der Waals surface area contributed by atoms with Gasteiger partial charge >= 0.3 is 0 Å². The van der Waals surface area contributed by atoms with Crippen molar-refractivity contribution in [3.05, 3.63) is 64.0 Å². The van der Waals surface area contributed by atoms with Crippen molar-refractivity contribution in [2.24, 2.45) is 5.41 Å². The molecule has 10 heteroatoms. The third kappa shape index (κ3) is 3.50. The van der Waals surface area contributed by atoms with Gasteiger partial charge in [0.1, 0.15) is 22.7 Å². The number of piperazine rings is 1. The topological polar surface area (TPSA) is 94.2 Å². The molecule has 4 fully saturated rings. The zero-order valence-electron chi connectivity index (χ0n) is 19.4. The van der Waals surface area contributed by atoms with Crippen LogP contribution in [0, 0.1) is 17.2 Å². The molecule has 0 unspecified atom stereocenters. The van der Waals surface area contributed by atoms with Crippen molar-refractivity contribution >= 4 is 22.5 Å². The number of carbonyl (C=O) groups is 1. The molecule has 7 rings (SSSR count). The first kappa shape index (κ1) is 22.1. The smallest absolute Gasteiger partial charge is 0.269 e. The minimum atomic E-state index is -0.627. The van der Waals surface area contributed by atoms with Gasteiger partial charge in [-0.2, -0.15) is 4.39 Å². The molecular weight excluding hydrogens is 454 g/mol. The van der Waals surface area contributed by atoms with E-state index < -0.39 is 23.2 Å². The Kier molecular flexibility index (Phi) is 4.93. The van der Waals surface area contributed by atoms with Crippen LogP contribution in [0.5, 0.6) is 0 Å². The van der Waals surface area contributed by atoms with E-state index in [4.69, 9.17) is 0 Å². The molecule has 1 aliphatic heterocycles. The van der Waals surface area contributed by atoms with Crippen LogP contribution in [0.3, 0.4) is 0 Å². The van der Waals surface area contributed by atoms with Gasteiger partial charge in [-0.25, -0.2) is 14.4 Å². The number of fused-ring (bicyclic) bond motifs is 1. The molecule has 2 bridgehead atoms. The number of aromatic amines is 1. The Morgan fingerprint density at radius 2 is 1.83 bits per heavy atom. The van der Waals surface area contributed by atoms with Gasteiger partial charge in [0.15, 0.2) is 0 Å². The van der Waals surface area contributed by atoms with Crippen molar-refractivity contribution in [2.75, 3.05) is 44.7 Å². The Hall–Kier alpha value is -3.40. The molecule has 2 N–H and O–H groups in total. The zero-order chi connectivity index (χ0) is 24.4. The van der Waals surface area contributed by atoms with Crippen LogP contribution in [0.15, 0.2) is 35.1 Å². The lowest BCUT2D eigenvalue weighted by Gasteiger charge is -2.71. The molecule has 4 aliphatic rings. The number of H-pyrrole nitrogens is 1. The van der Waals surface area contributed by atoms with E-state index in [2.05, 4.69) is 25.2 Å². The van der Waals surface area contributed by atoms with Gasteiger partial charge in [0, 0.05) is 45.2 Å². The monoisotopic (exact) mass is 480 g/mol. The number of nitrogens with one attached hydrogen (secondary N) is 2. The van der Waals surface area contributed by atoms with Crippen LogP contribution in [-0.4, -0.2) is 65.5 Å². The fourth-order valence-corrected chi connectivity index (χ4v) is 6.36. The highest BCUT2D eigenvalue weighted by molar-refractivity contribution is 5.92. The number of aromatic nitrogens is 3. The molecule has 1 saturated heterocycles. The van der Waals surface area contributed by atoms with Gasteiger partial charge in [-0.05, 0) is 48.9 Å². The number of halogens is 2. The summed E-state index contributed by atoms with van der Waals surface area (Å²) in [6, 6.07) is 7.71. The summed E-state index contributed by atoms with van der Waals surface area (Å²) in [6.45, 7) is 3.96. The molecule has 3 saturated carbocycles. The van der Waals surface area contributed by atoms with Gasteiger partial charge in [0.25, 0.3) is 11.5 Å². The van der Waals surface area contributed by atoms with E-state index in [0.29, 0.717) is 30.1 Å². The second-order valence-corrected chi connectivity index (χ2v) is 10.2. The predicted molar refractivity (Wildman–Crippen MR) is 127 cm³/mol. The molecule has 182 valence electrons. The number of anilines is 1. The summed E-state index contributed by atoms with van der Waals surface area (Å²) >= 11 is 0. The minimum Gasteiger partial charge on any atom is -0.365 e. The van der Waals surface area contributed by atoms with Crippen LogP contribution >= 0.6 is 0 Å². The van der Waals surface area contributed by atoms with Crippen LogP contribution in [0.25, 0.3) is 10.9 Å². The van der Waals surface area contributed by atoms with Gasteiger partial charge in [-0.1, -0.05) is 6.07 Å². The highest BCUT2D eigenvalue weighted by atomic mass is 19.1. The number of benzene rings is 1. The van der Waals surface area contributed by atoms with Crippen molar-refractivity contribution < 1.29 is 13.6 Å². The van der Waals surface area contributed by atoms with Crippen molar-refractivity contribution in [3.8, 4) is 0 Å². The molecule has 1 amide bonds. The standard InChI is InChI=1S/C25H26F2N6O2/c1-28-21(34)17-5-6-18(20(27)29-17)33-9-7-32(8-10-33)14-24-11-25(12-24,13-24)23-30-16-4-2-3-15(26)19(16)22(35)31-23/h2-6H,7-14H2,1H3,(H,28,34)(H,30,31,35). The number of hydrogen-bond donors (Lipinski definition) is 2. The van der Waals surface area contributed by atoms with Crippen LogP contribution in [0.2, 0.25) is 0 Å². The largest absolute Gasteiger partial charge is 0.365 e. The molecule has 0 atom stereocenters. The summed E-state index contributed by atoms with van der Waals surface area (Å²) < 4.78 is 28.5. The first-order valence-corrected chi connectivity index (χ1v) is 11.9. The molecule has 2 aromatic heterocycles. The molecule has 0 radical (unpaired) electrons. The number of rotatable bonds is 5. The van der Waals surface area contributed by atoms with Crippen LogP contribution in [-0.2, 0) is 5.41 Å². The highest BCUT2D eigenvalue weighted by Gasteiger charge is 2.69. The summed E-state index contributed by atoms with van der Waals surface area (Å²) in [4.78, 5) is 39.8. The molecule has 1 aromatic carbocycles. The summed E-state index contributed by atoms with van der Waals surface area (Å²) in [6.07, 6.45) is 2.89. The molecule has 3 aromatic rings. The summed E-state index contributed by atoms with van der Waals surface area (Å²) in [5.41, 5.74) is 0.594. The fourth-order valence-electron chi connectivity index (χ4n) is 6.36. The molecule has 0 spiro atoms. The lowest BCUT2D eigenvalue weighted by atomic mass is 9.34. The average Bonchev–Trinajstić information content (AvgIpc) is 2.80. The van der Waals surface area contributed by atoms with Crippen molar-refractivity contribution in [3.63, 3.8) is 0 Å². The second kappa shape index (κ2) is 7.81. The normalized spacial score (nSPS) is 25.7. The van der Waals surface area contributed by atoms with Gasteiger partial charge in [-0.15, -0.1) is 0 Å². The second-order valence-electron chi connectivity index (χ2n) is 10.2. The number of hydrogen-bond acceptors (Lipinski definition) is 6. The highest BCUT2D eigenvalue weighted by Crippen LogP contribution is 2.73. The number of nitrogens with zero attached hydrogens (tertiary/aromatic N) is 4. The Morgan fingerprint density at radius 1 is 1.09 bits per heavy atom. The van der Waals surface area contributed by atoms with E-state index in [9.17, 15) is 18.4 Å². The van der Waals surface area contributed by atoms with Crippen molar-refractivity contribution in [2.45, 2.75) is 24.7 Å². The van der Waals surface area contributed by atoms with E-state index in [1.54, 1.807) is 24.3 Å². The van der Waals surface area contributed by atoms with Crippen LogP contribution in [0.1, 0.15) is 35.6 Å². The summed E-state index contributed by atoms with van der Waals surface area (Å²) in [7, 11) is 1.49. The first-order chi connectivity index (χ1) is 16.8. The van der Waals surface area contributed by atoms with E-state index in [0.717, 1.165) is 38.9 Å². The minimum absolute atomic E-state index is 0.0188. The number of amides is 1. The van der Waals surface area contributed by atoms with Crippen molar-refractivity contribution in [1.82, 2.24) is 25.2 Å². The number of carbonyl (C=O) groups excluding carboxylic acids is 1. The Labute approximate surface area is 200 Å². The van der Waals surface area contributed by atoms with Gasteiger partial charge in [-0.3, -0.25) is 14.5 Å². The first-order valence-electron chi connectivity index (χ1n) is 11.9. The SMILES string of the molecule is CNC(=O)c1ccc(N2CCN(CC34CC(c5nc6cccc(F)c6c(=O)[nH]5)(C3)C4)CC2)c(F)n1. The lowest BCUT2D eigenvalue weighted by molar-refractivity contribution is -0.160.